The number of alkyl halides is 3. The standard InChI is InChI=1S/C17H19F3N4OS/c1-10-8-22-15(26-10)9-23-16(21-2)24-13-7-12(13)11-5-3-4-6-14(11)25-17(18,19)20/h3-6,8,12-13H,7,9H2,1-2H3,(H2,21,23,24). The minimum atomic E-state index is -4.70. The summed E-state index contributed by atoms with van der Waals surface area (Å²) in [5, 5.41) is 7.35. The van der Waals surface area contributed by atoms with Crippen molar-refractivity contribution in [2.24, 2.45) is 4.99 Å². The van der Waals surface area contributed by atoms with E-state index in [0.717, 1.165) is 16.3 Å². The van der Waals surface area contributed by atoms with Crippen molar-refractivity contribution in [1.29, 1.82) is 0 Å². The number of hydrogen-bond donors (Lipinski definition) is 2. The molecule has 1 aromatic heterocycles. The van der Waals surface area contributed by atoms with Gasteiger partial charge < -0.3 is 15.4 Å². The van der Waals surface area contributed by atoms with E-state index in [9.17, 15) is 13.2 Å². The van der Waals surface area contributed by atoms with Crippen LogP contribution in [0.4, 0.5) is 13.2 Å². The first-order valence-corrected chi connectivity index (χ1v) is 8.90. The number of thiazole rings is 1. The van der Waals surface area contributed by atoms with Crippen LogP contribution in [0.25, 0.3) is 0 Å². The Bertz CT molecular complexity index is 790. The summed E-state index contributed by atoms with van der Waals surface area (Å²) >= 11 is 1.60. The van der Waals surface area contributed by atoms with Crippen LogP contribution in [0.2, 0.25) is 0 Å². The van der Waals surface area contributed by atoms with E-state index in [1.165, 1.54) is 12.1 Å². The van der Waals surface area contributed by atoms with Gasteiger partial charge in [0.05, 0.1) is 6.54 Å². The topological polar surface area (TPSA) is 58.5 Å². The molecule has 1 aliphatic rings. The van der Waals surface area contributed by atoms with Crippen LogP contribution < -0.4 is 15.4 Å². The van der Waals surface area contributed by atoms with Crippen molar-refractivity contribution in [1.82, 2.24) is 15.6 Å². The predicted molar refractivity (Wildman–Crippen MR) is 94.5 cm³/mol. The highest BCUT2D eigenvalue weighted by Crippen LogP contribution is 2.45. The largest absolute Gasteiger partial charge is 0.573 e. The number of aliphatic imine (C=N–C) groups is 1. The summed E-state index contributed by atoms with van der Waals surface area (Å²) in [6.45, 7) is 2.53. The first-order chi connectivity index (χ1) is 12.4. The van der Waals surface area contributed by atoms with Gasteiger partial charge in [-0.15, -0.1) is 24.5 Å². The second-order valence-electron chi connectivity index (χ2n) is 5.97. The summed E-state index contributed by atoms with van der Waals surface area (Å²) in [6.07, 6.45) is -2.17. The molecule has 1 heterocycles. The van der Waals surface area contributed by atoms with Gasteiger partial charge >= 0.3 is 6.36 Å². The van der Waals surface area contributed by atoms with Crippen LogP contribution in [0.3, 0.4) is 0 Å². The fourth-order valence-electron chi connectivity index (χ4n) is 2.72. The van der Waals surface area contributed by atoms with Crippen molar-refractivity contribution >= 4 is 17.3 Å². The Morgan fingerprint density at radius 1 is 1.38 bits per heavy atom. The summed E-state index contributed by atoms with van der Waals surface area (Å²) in [5.41, 5.74) is 0.549. The number of benzene rings is 1. The Hall–Kier alpha value is -2.29. The van der Waals surface area contributed by atoms with Crippen LogP contribution in [-0.4, -0.2) is 30.4 Å². The Morgan fingerprint density at radius 2 is 2.15 bits per heavy atom. The third-order valence-electron chi connectivity index (χ3n) is 3.96. The maximum atomic E-state index is 12.6. The minimum Gasteiger partial charge on any atom is -0.405 e. The maximum absolute atomic E-state index is 12.6. The summed E-state index contributed by atoms with van der Waals surface area (Å²) in [6, 6.07) is 6.27. The van der Waals surface area contributed by atoms with Crippen molar-refractivity contribution in [2.45, 2.75) is 38.2 Å². The van der Waals surface area contributed by atoms with E-state index in [1.54, 1.807) is 30.5 Å². The van der Waals surface area contributed by atoms with Crippen LogP contribution in [0.1, 0.15) is 27.8 Å². The van der Waals surface area contributed by atoms with Gasteiger partial charge in [0.1, 0.15) is 10.8 Å². The van der Waals surface area contributed by atoms with Gasteiger partial charge in [0, 0.05) is 30.1 Å². The molecule has 0 radical (unpaired) electrons. The molecule has 1 aromatic carbocycles. The first kappa shape index (κ1) is 18.5. The number of para-hydroxylation sites is 1. The van der Waals surface area contributed by atoms with E-state index in [0.29, 0.717) is 18.1 Å². The third-order valence-corrected chi connectivity index (χ3v) is 4.87. The molecule has 0 amide bonds. The number of aromatic nitrogens is 1. The quantitative estimate of drug-likeness (QED) is 0.611. The summed E-state index contributed by atoms with van der Waals surface area (Å²) in [5.74, 6) is 0.407. The summed E-state index contributed by atoms with van der Waals surface area (Å²) in [4.78, 5) is 9.57. The molecule has 2 N–H and O–H groups in total. The van der Waals surface area contributed by atoms with Gasteiger partial charge in [0.25, 0.3) is 0 Å². The fraction of sp³-hybridized carbons (Fsp3) is 0.412. The second kappa shape index (κ2) is 7.53. The van der Waals surface area contributed by atoms with E-state index >= 15 is 0 Å². The SMILES string of the molecule is CN=C(NCc1ncc(C)s1)NC1CC1c1ccccc1OC(F)(F)F. The summed E-state index contributed by atoms with van der Waals surface area (Å²) < 4.78 is 41.8. The number of rotatable bonds is 5. The zero-order valence-corrected chi connectivity index (χ0v) is 15.1. The lowest BCUT2D eigenvalue weighted by Gasteiger charge is -2.14. The fourth-order valence-corrected chi connectivity index (χ4v) is 3.44. The molecule has 1 saturated carbocycles. The zero-order valence-electron chi connectivity index (χ0n) is 14.3. The molecule has 140 valence electrons. The third kappa shape index (κ3) is 4.87. The lowest BCUT2D eigenvalue weighted by atomic mass is 10.1. The van der Waals surface area contributed by atoms with Crippen LogP contribution in [0.5, 0.6) is 5.75 Å². The van der Waals surface area contributed by atoms with Crippen molar-refractivity contribution in [3.63, 3.8) is 0 Å². The highest BCUT2D eigenvalue weighted by atomic mass is 32.1. The molecule has 26 heavy (non-hydrogen) atoms. The molecular formula is C17H19F3N4OS. The van der Waals surface area contributed by atoms with Gasteiger partial charge in [-0.1, -0.05) is 18.2 Å². The Balaban J connectivity index is 1.58. The van der Waals surface area contributed by atoms with Crippen molar-refractivity contribution in [3.05, 3.63) is 45.9 Å². The van der Waals surface area contributed by atoms with E-state index < -0.39 is 6.36 Å². The average molecular weight is 384 g/mol. The van der Waals surface area contributed by atoms with Gasteiger partial charge in [-0.2, -0.15) is 0 Å². The number of aryl methyl sites for hydroxylation is 1. The zero-order chi connectivity index (χ0) is 18.7. The van der Waals surface area contributed by atoms with E-state index in [1.807, 2.05) is 13.1 Å². The number of hydrogen-bond acceptors (Lipinski definition) is 4. The van der Waals surface area contributed by atoms with Crippen LogP contribution in [-0.2, 0) is 6.54 Å². The molecule has 1 aliphatic carbocycles. The molecule has 0 bridgehead atoms. The van der Waals surface area contributed by atoms with Gasteiger partial charge in [0.2, 0.25) is 0 Å². The maximum Gasteiger partial charge on any atom is 0.573 e. The molecule has 1 fully saturated rings. The molecule has 2 atom stereocenters. The Morgan fingerprint density at radius 3 is 2.81 bits per heavy atom. The number of nitrogens with zero attached hydrogens (tertiary/aromatic N) is 2. The normalized spacial score (nSPS) is 20.0. The van der Waals surface area contributed by atoms with Crippen LogP contribution in [0, 0.1) is 6.92 Å². The minimum absolute atomic E-state index is 0.0113. The molecule has 2 unspecified atom stereocenters. The molecule has 5 nitrogen and oxygen atoms in total. The highest BCUT2D eigenvalue weighted by Gasteiger charge is 2.42. The monoisotopic (exact) mass is 384 g/mol. The summed E-state index contributed by atoms with van der Waals surface area (Å²) in [7, 11) is 1.65. The predicted octanol–water partition coefficient (Wildman–Crippen LogP) is 3.57. The number of halogens is 3. The van der Waals surface area contributed by atoms with Crippen LogP contribution in [0.15, 0.2) is 35.5 Å². The van der Waals surface area contributed by atoms with E-state index in [2.05, 4.69) is 25.3 Å². The van der Waals surface area contributed by atoms with Gasteiger partial charge in [-0.3, -0.25) is 4.99 Å². The molecule has 9 heteroatoms. The molecule has 2 aromatic rings. The van der Waals surface area contributed by atoms with Gasteiger partial charge in [0.15, 0.2) is 5.96 Å². The first-order valence-electron chi connectivity index (χ1n) is 8.09. The lowest BCUT2D eigenvalue weighted by Crippen LogP contribution is -2.38. The number of ether oxygens (including phenoxy) is 1. The lowest BCUT2D eigenvalue weighted by molar-refractivity contribution is -0.274. The van der Waals surface area contributed by atoms with Gasteiger partial charge in [-0.05, 0) is 25.0 Å². The number of nitrogens with one attached hydrogen (secondary N) is 2. The molecule has 0 aliphatic heterocycles. The van der Waals surface area contributed by atoms with Crippen LogP contribution >= 0.6 is 11.3 Å². The van der Waals surface area contributed by atoms with E-state index in [4.69, 9.17) is 0 Å². The number of guanidine groups is 1. The molecular weight excluding hydrogens is 365 g/mol. The van der Waals surface area contributed by atoms with Crippen molar-refractivity contribution < 1.29 is 17.9 Å². The smallest absolute Gasteiger partial charge is 0.405 e. The van der Waals surface area contributed by atoms with Crippen molar-refractivity contribution in [3.8, 4) is 5.75 Å². The average Bonchev–Trinajstić information content (AvgIpc) is 3.21. The second-order valence-corrected chi connectivity index (χ2v) is 7.29. The molecule has 0 spiro atoms. The van der Waals surface area contributed by atoms with Gasteiger partial charge in [-0.25, -0.2) is 4.98 Å². The van der Waals surface area contributed by atoms with E-state index in [-0.39, 0.29) is 17.7 Å². The van der Waals surface area contributed by atoms with Crippen molar-refractivity contribution in [2.75, 3.05) is 7.05 Å². The molecule has 3 rings (SSSR count). The molecule has 0 saturated heterocycles. The Kier molecular flexibility index (Phi) is 5.36. The Labute approximate surface area is 153 Å². The highest BCUT2D eigenvalue weighted by molar-refractivity contribution is 7.11.